The standard InChI is InChI=1S/C21H29N5O2/c1-2-3-14-28-18-8-6-17(7-9-18)21(27)23-11-10-22-19-15-20(25-16-24-19)26-12-4-5-13-26/h6-9,15-16H,2-5,10-14H2,1H3,(H,23,27)(H,22,24,25). The summed E-state index contributed by atoms with van der Waals surface area (Å²) in [6.07, 6.45) is 6.14. The lowest BCUT2D eigenvalue weighted by Crippen LogP contribution is -2.29. The van der Waals surface area contributed by atoms with Gasteiger partial charge in [0.05, 0.1) is 6.61 Å². The summed E-state index contributed by atoms with van der Waals surface area (Å²) in [7, 11) is 0. The summed E-state index contributed by atoms with van der Waals surface area (Å²) < 4.78 is 5.62. The van der Waals surface area contributed by atoms with Crippen LogP contribution in [0.5, 0.6) is 5.75 Å². The van der Waals surface area contributed by atoms with Gasteiger partial charge in [0.1, 0.15) is 23.7 Å². The number of aromatic nitrogens is 2. The molecule has 0 spiro atoms. The van der Waals surface area contributed by atoms with Crippen LogP contribution in [-0.4, -0.2) is 48.7 Å². The number of hydrogen-bond acceptors (Lipinski definition) is 6. The second kappa shape index (κ2) is 10.5. The van der Waals surface area contributed by atoms with Crippen molar-refractivity contribution in [1.29, 1.82) is 0 Å². The number of benzene rings is 1. The lowest BCUT2D eigenvalue weighted by atomic mass is 10.2. The number of rotatable bonds is 10. The topological polar surface area (TPSA) is 79.4 Å². The molecule has 28 heavy (non-hydrogen) atoms. The molecule has 1 saturated heterocycles. The van der Waals surface area contributed by atoms with Gasteiger partial charge in [-0.15, -0.1) is 0 Å². The maximum Gasteiger partial charge on any atom is 0.251 e. The van der Waals surface area contributed by atoms with Crippen molar-refractivity contribution < 1.29 is 9.53 Å². The molecule has 2 N–H and O–H groups in total. The zero-order valence-electron chi connectivity index (χ0n) is 16.5. The van der Waals surface area contributed by atoms with Crippen molar-refractivity contribution in [2.24, 2.45) is 0 Å². The van der Waals surface area contributed by atoms with Gasteiger partial charge in [-0.1, -0.05) is 13.3 Å². The Labute approximate surface area is 166 Å². The van der Waals surface area contributed by atoms with Crippen LogP contribution in [-0.2, 0) is 0 Å². The van der Waals surface area contributed by atoms with Crippen LogP contribution in [0, 0.1) is 0 Å². The lowest BCUT2D eigenvalue weighted by molar-refractivity contribution is 0.0955. The highest BCUT2D eigenvalue weighted by atomic mass is 16.5. The van der Waals surface area contributed by atoms with Crippen LogP contribution in [0.15, 0.2) is 36.7 Å². The zero-order valence-corrected chi connectivity index (χ0v) is 16.5. The number of ether oxygens (including phenoxy) is 1. The molecule has 150 valence electrons. The highest BCUT2D eigenvalue weighted by Gasteiger charge is 2.13. The quantitative estimate of drug-likeness (QED) is 0.614. The molecule has 7 heteroatoms. The molecule has 1 aromatic carbocycles. The Bertz CT molecular complexity index is 745. The number of hydrogen-bond donors (Lipinski definition) is 2. The van der Waals surface area contributed by atoms with Gasteiger partial charge in [0.2, 0.25) is 0 Å². The van der Waals surface area contributed by atoms with Gasteiger partial charge in [0.25, 0.3) is 5.91 Å². The average molecular weight is 383 g/mol. The fraction of sp³-hybridized carbons (Fsp3) is 0.476. The normalized spacial score (nSPS) is 13.4. The van der Waals surface area contributed by atoms with Crippen LogP contribution in [0.25, 0.3) is 0 Å². The first kappa shape index (κ1) is 19.9. The molecule has 2 heterocycles. The summed E-state index contributed by atoms with van der Waals surface area (Å²) in [5.41, 5.74) is 0.626. The van der Waals surface area contributed by atoms with Crippen LogP contribution in [0.2, 0.25) is 0 Å². The Hall–Kier alpha value is -2.83. The van der Waals surface area contributed by atoms with Crippen molar-refractivity contribution in [3.63, 3.8) is 0 Å². The number of anilines is 2. The van der Waals surface area contributed by atoms with Gasteiger partial charge >= 0.3 is 0 Å². The molecule has 7 nitrogen and oxygen atoms in total. The second-order valence-electron chi connectivity index (χ2n) is 6.86. The molecule has 1 aliphatic heterocycles. The highest BCUT2D eigenvalue weighted by molar-refractivity contribution is 5.94. The molecule has 0 radical (unpaired) electrons. The predicted molar refractivity (Wildman–Crippen MR) is 111 cm³/mol. The smallest absolute Gasteiger partial charge is 0.251 e. The Balaban J connectivity index is 1.40. The molecule has 0 atom stereocenters. The van der Waals surface area contributed by atoms with Gasteiger partial charge in [-0.2, -0.15) is 0 Å². The average Bonchev–Trinajstić information content (AvgIpc) is 3.27. The maximum absolute atomic E-state index is 12.2. The number of amides is 1. The van der Waals surface area contributed by atoms with Gasteiger partial charge < -0.3 is 20.3 Å². The molecule has 0 aliphatic carbocycles. The first-order valence-corrected chi connectivity index (χ1v) is 10.1. The molecule has 0 unspecified atom stereocenters. The van der Waals surface area contributed by atoms with Crippen molar-refractivity contribution in [2.75, 3.05) is 43.0 Å². The predicted octanol–water partition coefficient (Wildman–Crippen LogP) is 3.10. The Morgan fingerprint density at radius 1 is 1.14 bits per heavy atom. The molecule has 2 aromatic rings. The van der Waals surface area contributed by atoms with E-state index in [4.69, 9.17) is 4.74 Å². The van der Waals surface area contributed by atoms with E-state index >= 15 is 0 Å². The van der Waals surface area contributed by atoms with Crippen LogP contribution in [0.4, 0.5) is 11.6 Å². The van der Waals surface area contributed by atoms with Crippen molar-refractivity contribution in [3.05, 3.63) is 42.2 Å². The van der Waals surface area contributed by atoms with Crippen LogP contribution in [0.3, 0.4) is 0 Å². The summed E-state index contributed by atoms with van der Waals surface area (Å²) in [6.45, 7) is 6.04. The van der Waals surface area contributed by atoms with E-state index in [0.717, 1.165) is 43.3 Å². The van der Waals surface area contributed by atoms with E-state index in [-0.39, 0.29) is 5.91 Å². The molecule has 1 aromatic heterocycles. The van der Waals surface area contributed by atoms with Crippen molar-refractivity contribution in [2.45, 2.75) is 32.6 Å². The highest BCUT2D eigenvalue weighted by Crippen LogP contribution is 2.19. The molecular formula is C21H29N5O2. The Morgan fingerprint density at radius 2 is 1.93 bits per heavy atom. The minimum atomic E-state index is -0.0950. The van der Waals surface area contributed by atoms with Crippen molar-refractivity contribution >= 4 is 17.5 Å². The molecular weight excluding hydrogens is 354 g/mol. The fourth-order valence-electron chi connectivity index (χ4n) is 3.07. The summed E-state index contributed by atoms with van der Waals surface area (Å²) >= 11 is 0. The van der Waals surface area contributed by atoms with E-state index in [2.05, 4.69) is 32.4 Å². The van der Waals surface area contributed by atoms with E-state index in [1.807, 2.05) is 18.2 Å². The minimum Gasteiger partial charge on any atom is -0.494 e. The maximum atomic E-state index is 12.2. The van der Waals surface area contributed by atoms with Crippen LogP contribution >= 0.6 is 0 Å². The molecule has 0 bridgehead atoms. The number of unbranched alkanes of at least 4 members (excludes halogenated alkanes) is 1. The van der Waals surface area contributed by atoms with Crippen molar-refractivity contribution in [1.82, 2.24) is 15.3 Å². The first-order chi connectivity index (χ1) is 13.8. The largest absolute Gasteiger partial charge is 0.494 e. The van der Waals surface area contributed by atoms with E-state index in [9.17, 15) is 4.79 Å². The molecule has 1 amide bonds. The third-order valence-corrected chi connectivity index (χ3v) is 4.68. The van der Waals surface area contributed by atoms with Crippen LogP contribution in [0.1, 0.15) is 43.0 Å². The van der Waals surface area contributed by atoms with E-state index in [0.29, 0.717) is 25.3 Å². The molecule has 3 rings (SSSR count). The summed E-state index contributed by atoms with van der Waals surface area (Å²) in [5, 5.41) is 6.16. The van der Waals surface area contributed by atoms with E-state index in [1.54, 1.807) is 18.5 Å². The number of carbonyl (C=O) groups excluding carboxylic acids is 1. The van der Waals surface area contributed by atoms with Gasteiger partial charge in [0.15, 0.2) is 0 Å². The zero-order chi connectivity index (χ0) is 19.6. The summed E-state index contributed by atoms with van der Waals surface area (Å²) in [5.74, 6) is 2.44. The molecule has 1 aliphatic rings. The van der Waals surface area contributed by atoms with Crippen LogP contribution < -0.4 is 20.3 Å². The fourth-order valence-corrected chi connectivity index (χ4v) is 3.07. The second-order valence-corrected chi connectivity index (χ2v) is 6.86. The van der Waals surface area contributed by atoms with E-state index < -0.39 is 0 Å². The SMILES string of the molecule is CCCCOc1ccc(C(=O)NCCNc2cc(N3CCCC3)ncn2)cc1. The number of carbonyl (C=O) groups is 1. The minimum absolute atomic E-state index is 0.0950. The number of nitrogens with zero attached hydrogens (tertiary/aromatic N) is 3. The van der Waals surface area contributed by atoms with Crippen molar-refractivity contribution in [3.8, 4) is 5.75 Å². The lowest BCUT2D eigenvalue weighted by Gasteiger charge is -2.16. The van der Waals surface area contributed by atoms with E-state index in [1.165, 1.54) is 12.8 Å². The molecule has 1 fully saturated rings. The Morgan fingerprint density at radius 3 is 2.68 bits per heavy atom. The summed E-state index contributed by atoms with van der Waals surface area (Å²) in [4.78, 5) is 23.1. The summed E-state index contributed by atoms with van der Waals surface area (Å²) in [6, 6.07) is 9.21. The first-order valence-electron chi connectivity index (χ1n) is 10.1. The third kappa shape index (κ3) is 5.84. The molecule has 0 saturated carbocycles. The van der Waals surface area contributed by atoms with Gasteiger partial charge in [0, 0.05) is 37.8 Å². The number of nitrogens with one attached hydrogen (secondary N) is 2. The van der Waals surface area contributed by atoms with Gasteiger partial charge in [-0.3, -0.25) is 4.79 Å². The van der Waals surface area contributed by atoms with Gasteiger partial charge in [-0.25, -0.2) is 9.97 Å². The third-order valence-electron chi connectivity index (χ3n) is 4.68. The Kier molecular flexibility index (Phi) is 7.46. The van der Waals surface area contributed by atoms with Gasteiger partial charge in [-0.05, 0) is 43.5 Å². The monoisotopic (exact) mass is 383 g/mol.